The first-order valence-electron chi connectivity index (χ1n) is 3.61. The molecular weight excluding hydrogens is 168 g/mol. The van der Waals surface area contributed by atoms with Gasteiger partial charge in [-0.3, -0.25) is 4.79 Å². The molecule has 0 bridgehead atoms. The number of carbonyl (C=O) groups is 1. The summed E-state index contributed by atoms with van der Waals surface area (Å²) >= 11 is 0. The third-order valence-electron chi connectivity index (χ3n) is 1.57. The molecule has 1 aromatic rings. The van der Waals surface area contributed by atoms with E-state index in [4.69, 9.17) is 4.42 Å². The second-order valence-corrected chi connectivity index (χ2v) is 2.33. The lowest BCUT2D eigenvalue weighted by molar-refractivity contribution is 0.111. The molecule has 0 aliphatic rings. The van der Waals surface area contributed by atoms with Gasteiger partial charge in [0.1, 0.15) is 11.3 Å². The number of rotatable bonds is 3. The minimum atomic E-state index is -0.657. The molecule has 13 heavy (non-hydrogen) atoms. The molecule has 1 heterocycles. The summed E-state index contributed by atoms with van der Waals surface area (Å²) in [6.07, 6.45) is 3.34. The van der Waals surface area contributed by atoms with Crippen molar-refractivity contribution in [1.82, 2.24) is 0 Å². The van der Waals surface area contributed by atoms with Crippen LogP contribution in [0.3, 0.4) is 0 Å². The normalized spacial score (nSPS) is 9.23. The second kappa shape index (κ2) is 3.67. The van der Waals surface area contributed by atoms with Crippen LogP contribution in [-0.4, -0.2) is 6.29 Å². The molecule has 0 amide bonds. The van der Waals surface area contributed by atoms with Crippen LogP contribution in [0.25, 0.3) is 12.2 Å². The number of hydrogen-bond acceptors (Lipinski definition) is 3. The van der Waals surface area contributed by atoms with Crippen molar-refractivity contribution < 1.29 is 9.21 Å². The lowest BCUT2D eigenvalue weighted by Crippen LogP contribution is -2.07. The van der Waals surface area contributed by atoms with Gasteiger partial charge in [-0.1, -0.05) is 19.2 Å². The molecule has 1 aromatic heterocycles. The van der Waals surface area contributed by atoms with Crippen molar-refractivity contribution in [2.24, 2.45) is 0 Å². The highest BCUT2D eigenvalue weighted by molar-refractivity contribution is 5.76. The Labute approximate surface area is 75.0 Å². The van der Waals surface area contributed by atoms with Gasteiger partial charge in [0.25, 0.3) is 0 Å². The van der Waals surface area contributed by atoms with E-state index in [-0.39, 0.29) is 5.56 Å². The van der Waals surface area contributed by atoms with Crippen LogP contribution < -0.4 is 5.63 Å². The Morgan fingerprint density at radius 2 is 1.92 bits per heavy atom. The van der Waals surface area contributed by atoms with Gasteiger partial charge in [-0.15, -0.1) is 0 Å². The average Bonchev–Trinajstić information content (AvgIpc) is 2.17. The van der Waals surface area contributed by atoms with E-state index in [2.05, 4.69) is 13.2 Å². The molecule has 0 aromatic carbocycles. The van der Waals surface area contributed by atoms with E-state index in [0.29, 0.717) is 17.6 Å². The van der Waals surface area contributed by atoms with Gasteiger partial charge in [-0.2, -0.15) is 0 Å². The summed E-state index contributed by atoms with van der Waals surface area (Å²) in [5, 5.41) is 0. The molecule has 0 saturated carbocycles. The Balaban J connectivity index is 3.51. The van der Waals surface area contributed by atoms with E-state index in [0.717, 1.165) is 0 Å². The van der Waals surface area contributed by atoms with Gasteiger partial charge in [0.15, 0.2) is 6.29 Å². The molecule has 0 fully saturated rings. The Hall–Kier alpha value is -1.90. The summed E-state index contributed by atoms with van der Waals surface area (Å²) < 4.78 is 4.79. The van der Waals surface area contributed by atoms with Gasteiger partial charge in [-0.25, -0.2) is 4.79 Å². The van der Waals surface area contributed by atoms with Crippen molar-refractivity contribution in [3.63, 3.8) is 0 Å². The highest BCUT2D eigenvalue weighted by atomic mass is 16.4. The fourth-order valence-electron chi connectivity index (χ4n) is 0.916. The van der Waals surface area contributed by atoms with E-state index in [1.54, 1.807) is 0 Å². The molecule has 66 valence electrons. The first-order chi connectivity index (χ1) is 6.22. The van der Waals surface area contributed by atoms with Gasteiger partial charge in [-0.05, 0) is 12.1 Å². The lowest BCUT2D eigenvalue weighted by Gasteiger charge is -1.98. The fraction of sp³-hybridized carbons (Fsp3) is 0. The van der Waals surface area contributed by atoms with Crippen molar-refractivity contribution in [1.29, 1.82) is 0 Å². The van der Waals surface area contributed by atoms with E-state index in [1.807, 2.05) is 0 Å². The van der Waals surface area contributed by atoms with Gasteiger partial charge in [0.2, 0.25) is 0 Å². The van der Waals surface area contributed by atoms with Crippen LogP contribution in [0.5, 0.6) is 0 Å². The standard InChI is InChI=1S/C10H8O3/c1-3-7-5-8(6-11)10(12)13-9(7)4-2/h3-6H,1-2H2. The Kier molecular flexibility index (Phi) is 2.59. The average molecular weight is 176 g/mol. The smallest absolute Gasteiger partial charge is 0.346 e. The summed E-state index contributed by atoms with van der Waals surface area (Å²) in [4.78, 5) is 21.4. The molecule has 3 nitrogen and oxygen atoms in total. The monoisotopic (exact) mass is 176 g/mol. The van der Waals surface area contributed by atoms with Crippen molar-refractivity contribution in [3.8, 4) is 0 Å². The van der Waals surface area contributed by atoms with Crippen LogP contribution in [0, 0.1) is 0 Å². The molecule has 0 radical (unpaired) electrons. The third kappa shape index (κ3) is 1.64. The van der Waals surface area contributed by atoms with E-state index < -0.39 is 5.63 Å². The third-order valence-corrected chi connectivity index (χ3v) is 1.57. The van der Waals surface area contributed by atoms with Crippen LogP contribution in [0.1, 0.15) is 21.7 Å². The van der Waals surface area contributed by atoms with Gasteiger partial charge >= 0.3 is 5.63 Å². The predicted octanol–water partition coefficient (Wildman–Crippen LogP) is 1.74. The summed E-state index contributed by atoms with van der Waals surface area (Å²) in [6.45, 7) is 6.99. The molecule has 0 aliphatic carbocycles. The summed E-state index contributed by atoms with van der Waals surface area (Å²) in [5.74, 6) is 0.325. The zero-order chi connectivity index (χ0) is 9.84. The van der Waals surface area contributed by atoms with Crippen LogP contribution >= 0.6 is 0 Å². The van der Waals surface area contributed by atoms with Crippen LogP contribution in [0.15, 0.2) is 28.4 Å². The molecule has 0 N–H and O–H groups in total. The Bertz CT molecular complexity index is 413. The zero-order valence-corrected chi connectivity index (χ0v) is 6.95. The van der Waals surface area contributed by atoms with Gasteiger partial charge in [0.05, 0.1) is 0 Å². The molecule has 0 unspecified atom stereocenters. The number of aldehydes is 1. The van der Waals surface area contributed by atoms with Gasteiger partial charge < -0.3 is 4.42 Å². The van der Waals surface area contributed by atoms with Crippen molar-refractivity contribution in [3.05, 3.63) is 46.5 Å². The predicted molar refractivity (Wildman–Crippen MR) is 50.5 cm³/mol. The maximum atomic E-state index is 11.0. The molecule has 3 heteroatoms. The molecule has 1 rings (SSSR count). The summed E-state index contributed by atoms with van der Waals surface area (Å²) in [5.41, 5.74) is -0.0901. The summed E-state index contributed by atoms with van der Waals surface area (Å²) in [6, 6.07) is 1.42. The highest BCUT2D eigenvalue weighted by Crippen LogP contribution is 2.10. The molecular formula is C10H8O3. The SMILES string of the molecule is C=Cc1cc(C=O)c(=O)oc1C=C. The minimum absolute atomic E-state index is 0.0134. The zero-order valence-electron chi connectivity index (χ0n) is 6.95. The van der Waals surface area contributed by atoms with E-state index in [9.17, 15) is 9.59 Å². The second-order valence-electron chi connectivity index (χ2n) is 2.33. The topological polar surface area (TPSA) is 47.3 Å². The quantitative estimate of drug-likeness (QED) is 0.659. The Morgan fingerprint density at radius 1 is 1.23 bits per heavy atom. The van der Waals surface area contributed by atoms with Crippen LogP contribution in [-0.2, 0) is 0 Å². The minimum Gasteiger partial charge on any atom is -0.422 e. The maximum absolute atomic E-state index is 11.0. The summed E-state index contributed by atoms with van der Waals surface area (Å²) in [7, 11) is 0. The van der Waals surface area contributed by atoms with E-state index >= 15 is 0 Å². The maximum Gasteiger partial charge on any atom is 0.346 e. The van der Waals surface area contributed by atoms with E-state index in [1.165, 1.54) is 18.2 Å². The first kappa shape index (κ1) is 9.19. The fourth-order valence-corrected chi connectivity index (χ4v) is 0.916. The highest BCUT2D eigenvalue weighted by Gasteiger charge is 2.05. The molecule has 0 spiro atoms. The molecule has 0 saturated heterocycles. The number of carbonyl (C=O) groups excluding carboxylic acids is 1. The Morgan fingerprint density at radius 3 is 2.38 bits per heavy atom. The molecule has 0 aliphatic heterocycles. The van der Waals surface area contributed by atoms with Crippen LogP contribution in [0.2, 0.25) is 0 Å². The lowest BCUT2D eigenvalue weighted by atomic mass is 10.1. The van der Waals surface area contributed by atoms with Gasteiger partial charge in [0, 0.05) is 5.56 Å². The van der Waals surface area contributed by atoms with Crippen molar-refractivity contribution in [2.75, 3.05) is 0 Å². The molecule has 0 atom stereocenters. The first-order valence-corrected chi connectivity index (χ1v) is 3.61. The van der Waals surface area contributed by atoms with Crippen LogP contribution in [0.4, 0.5) is 0 Å². The number of hydrogen-bond donors (Lipinski definition) is 0. The largest absolute Gasteiger partial charge is 0.422 e. The van der Waals surface area contributed by atoms with Crippen molar-refractivity contribution in [2.45, 2.75) is 0 Å². The van der Waals surface area contributed by atoms with Crippen molar-refractivity contribution >= 4 is 18.4 Å².